The summed E-state index contributed by atoms with van der Waals surface area (Å²) in [6, 6.07) is 59.2. The molecular weight excluding hydrogens is 537 g/mol. The Hall–Kier alpha value is -4.98. The monoisotopic (exact) mass is 562 g/mol. The fraction of sp³-hybridized carbons (Fsp3) is 0.0476. The van der Waals surface area contributed by atoms with E-state index in [1.807, 2.05) is 11.3 Å². The molecule has 0 N–H and O–H groups in total. The molecule has 0 nitrogen and oxygen atoms in total. The van der Waals surface area contributed by atoms with Crippen molar-refractivity contribution in [2.24, 2.45) is 0 Å². The first-order valence-corrected chi connectivity index (χ1v) is 15.9. The van der Waals surface area contributed by atoms with Gasteiger partial charge in [0.1, 0.15) is 0 Å². The summed E-state index contributed by atoms with van der Waals surface area (Å²) in [6.45, 7) is 0. The zero-order valence-corrected chi connectivity index (χ0v) is 24.2. The van der Waals surface area contributed by atoms with Gasteiger partial charge in [0.15, 0.2) is 0 Å². The summed E-state index contributed by atoms with van der Waals surface area (Å²) < 4.78 is 1.36. The molecule has 1 spiro atoms. The summed E-state index contributed by atoms with van der Waals surface area (Å²) in [7, 11) is 0. The molecule has 10 rings (SSSR count). The van der Waals surface area contributed by atoms with E-state index in [1.54, 1.807) is 0 Å². The van der Waals surface area contributed by atoms with Gasteiger partial charge in [0.2, 0.25) is 0 Å². The van der Waals surface area contributed by atoms with Gasteiger partial charge in [-0.05, 0) is 72.7 Å². The van der Waals surface area contributed by atoms with Gasteiger partial charge in [-0.1, -0.05) is 152 Å². The van der Waals surface area contributed by atoms with Crippen molar-refractivity contribution in [1.29, 1.82) is 0 Å². The van der Waals surface area contributed by atoms with Crippen LogP contribution < -0.4 is 0 Å². The maximum Gasteiger partial charge on any atom is 0.0743 e. The third-order valence-corrected chi connectivity index (χ3v) is 11.4. The summed E-state index contributed by atoms with van der Waals surface area (Å²) in [4.78, 5) is 1.41. The van der Waals surface area contributed by atoms with E-state index < -0.39 is 10.8 Å². The van der Waals surface area contributed by atoms with E-state index in [1.165, 1.54) is 76.2 Å². The van der Waals surface area contributed by atoms with Crippen molar-refractivity contribution in [3.05, 3.63) is 202 Å². The third kappa shape index (κ3) is 2.64. The number of fused-ring (bicyclic) bond motifs is 13. The summed E-state index contributed by atoms with van der Waals surface area (Å²) >= 11 is 1.95. The Morgan fingerprint density at radius 3 is 1.44 bits per heavy atom. The maximum absolute atomic E-state index is 2.41. The molecule has 0 radical (unpaired) electrons. The van der Waals surface area contributed by atoms with Crippen molar-refractivity contribution in [2.75, 3.05) is 0 Å². The smallest absolute Gasteiger partial charge is 0.0743 e. The number of rotatable bonds is 2. The first-order valence-electron chi connectivity index (χ1n) is 15.0. The lowest BCUT2D eigenvalue weighted by Gasteiger charge is -2.36. The molecule has 3 aliphatic carbocycles. The lowest BCUT2D eigenvalue weighted by atomic mass is 9.65. The van der Waals surface area contributed by atoms with Gasteiger partial charge in [0, 0.05) is 9.58 Å². The first kappa shape index (κ1) is 23.6. The van der Waals surface area contributed by atoms with E-state index >= 15 is 0 Å². The van der Waals surface area contributed by atoms with Crippen LogP contribution in [0.15, 0.2) is 158 Å². The number of hydrogen-bond donors (Lipinski definition) is 0. The average Bonchev–Trinajstić information content (AvgIpc) is 3.78. The quantitative estimate of drug-likeness (QED) is 0.197. The molecule has 1 aromatic heterocycles. The van der Waals surface area contributed by atoms with Gasteiger partial charge < -0.3 is 0 Å². The minimum Gasteiger partial charge on any atom is -0.135 e. The molecule has 0 aliphatic heterocycles. The Bertz CT molecular complexity index is 2250. The predicted molar refractivity (Wildman–Crippen MR) is 180 cm³/mol. The second kappa shape index (κ2) is 8.31. The fourth-order valence-corrected chi connectivity index (χ4v) is 10.1. The van der Waals surface area contributed by atoms with Gasteiger partial charge >= 0.3 is 0 Å². The normalized spacial score (nSPS) is 18.4. The van der Waals surface area contributed by atoms with Gasteiger partial charge in [-0.25, -0.2) is 0 Å². The Kier molecular flexibility index (Phi) is 4.56. The molecule has 43 heavy (non-hydrogen) atoms. The molecule has 1 heterocycles. The van der Waals surface area contributed by atoms with Crippen LogP contribution in [0, 0.1) is 0 Å². The second-order valence-electron chi connectivity index (χ2n) is 11.9. The Morgan fingerprint density at radius 1 is 0.372 bits per heavy atom. The van der Waals surface area contributed by atoms with Crippen LogP contribution in [0.1, 0.15) is 44.5 Å². The summed E-state index contributed by atoms with van der Waals surface area (Å²) in [5.41, 5.74) is 14.4. The molecule has 1 heteroatoms. The van der Waals surface area contributed by atoms with Crippen LogP contribution in [0.5, 0.6) is 0 Å². The predicted octanol–water partition coefficient (Wildman–Crippen LogP) is 10.5. The third-order valence-electron chi connectivity index (χ3n) is 10.2. The molecule has 7 aromatic rings. The highest BCUT2D eigenvalue weighted by Crippen LogP contribution is 2.73. The first-order chi connectivity index (χ1) is 21.4. The van der Waals surface area contributed by atoms with Crippen LogP contribution in [-0.2, 0) is 10.8 Å². The zero-order valence-electron chi connectivity index (χ0n) is 23.4. The summed E-state index contributed by atoms with van der Waals surface area (Å²) in [5.74, 6) is 0. The molecule has 3 aliphatic rings. The van der Waals surface area contributed by atoms with Crippen LogP contribution in [0.3, 0.4) is 0 Å². The Morgan fingerprint density at radius 2 is 0.814 bits per heavy atom. The zero-order chi connectivity index (χ0) is 28.2. The molecule has 0 saturated heterocycles. The van der Waals surface area contributed by atoms with Crippen LogP contribution in [0.25, 0.3) is 31.7 Å². The fourth-order valence-electron chi connectivity index (χ4n) is 8.81. The van der Waals surface area contributed by atoms with Gasteiger partial charge in [-0.15, -0.1) is 11.3 Å². The number of thiophene rings is 1. The van der Waals surface area contributed by atoms with E-state index in [2.05, 4.69) is 158 Å². The van der Waals surface area contributed by atoms with Gasteiger partial charge in [-0.2, -0.15) is 0 Å². The standard InChI is InChI=1S/C42H26S/c1-3-15-27(16-4-1)41(28-17-5-2-6-18-28)33-23-11-7-19-29(33)38-37(41)30-20-8-12-24-34(30)42(38)35-25-13-9-21-31(35)40-39(42)32-22-10-14-26-36(32)43-40/h1-26H/t42-/m0/s1. The number of allylic oxidation sites excluding steroid dienone is 2. The van der Waals surface area contributed by atoms with E-state index in [-0.39, 0.29) is 0 Å². The highest BCUT2D eigenvalue weighted by atomic mass is 32.1. The summed E-state index contributed by atoms with van der Waals surface area (Å²) in [5, 5.41) is 1.37. The van der Waals surface area contributed by atoms with Crippen LogP contribution in [-0.4, -0.2) is 0 Å². The molecular formula is C42H26S. The maximum atomic E-state index is 2.41. The molecule has 200 valence electrons. The largest absolute Gasteiger partial charge is 0.135 e. The number of benzene rings is 6. The molecule has 0 amide bonds. The van der Waals surface area contributed by atoms with Crippen molar-refractivity contribution in [1.82, 2.24) is 0 Å². The highest BCUT2D eigenvalue weighted by Gasteiger charge is 2.62. The van der Waals surface area contributed by atoms with Crippen LogP contribution >= 0.6 is 11.3 Å². The molecule has 0 unspecified atom stereocenters. The van der Waals surface area contributed by atoms with Crippen molar-refractivity contribution in [3.8, 4) is 10.4 Å². The lowest BCUT2D eigenvalue weighted by Crippen LogP contribution is -2.29. The topological polar surface area (TPSA) is 0 Å². The van der Waals surface area contributed by atoms with Crippen LogP contribution in [0.4, 0.5) is 0 Å². The average molecular weight is 563 g/mol. The molecule has 6 aromatic carbocycles. The molecule has 0 bridgehead atoms. The Labute approximate surface area is 255 Å². The van der Waals surface area contributed by atoms with Gasteiger partial charge in [-0.3, -0.25) is 0 Å². The van der Waals surface area contributed by atoms with E-state index in [0.29, 0.717) is 0 Å². The SMILES string of the molecule is c1ccc(C2(c3ccccc3)C3=C(c4ccccc42)[C@]2(c4ccccc43)c3ccccc3-c3sc4ccccc4c32)cc1. The van der Waals surface area contributed by atoms with Crippen molar-refractivity contribution < 1.29 is 0 Å². The molecule has 0 saturated carbocycles. The Balaban J connectivity index is 1.48. The van der Waals surface area contributed by atoms with Gasteiger partial charge in [0.05, 0.1) is 10.8 Å². The van der Waals surface area contributed by atoms with E-state index in [0.717, 1.165) is 0 Å². The highest BCUT2D eigenvalue weighted by molar-refractivity contribution is 7.22. The van der Waals surface area contributed by atoms with Crippen molar-refractivity contribution in [2.45, 2.75) is 10.8 Å². The lowest BCUT2D eigenvalue weighted by molar-refractivity contribution is 0.809. The van der Waals surface area contributed by atoms with Gasteiger partial charge in [0.25, 0.3) is 0 Å². The van der Waals surface area contributed by atoms with E-state index in [4.69, 9.17) is 0 Å². The second-order valence-corrected chi connectivity index (χ2v) is 13.0. The van der Waals surface area contributed by atoms with Crippen molar-refractivity contribution >= 4 is 32.6 Å². The molecule has 0 fully saturated rings. The van der Waals surface area contributed by atoms with E-state index in [9.17, 15) is 0 Å². The minimum absolute atomic E-state index is 0.404. The summed E-state index contributed by atoms with van der Waals surface area (Å²) in [6.07, 6.45) is 0. The van der Waals surface area contributed by atoms with Crippen LogP contribution in [0.2, 0.25) is 0 Å². The number of hydrogen-bond acceptors (Lipinski definition) is 1. The minimum atomic E-state index is -0.447. The van der Waals surface area contributed by atoms with Crippen molar-refractivity contribution in [3.63, 3.8) is 0 Å². The molecule has 1 atom stereocenters.